The van der Waals surface area contributed by atoms with Crippen LogP contribution in [-0.4, -0.2) is 9.55 Å². The van der Waals surface area contributed by atoms with Crippen LogP contribution in [0.25, 0.3) is 0 Å². The highest BCUT2D eigenvalue weighted by molar-refractivity contribution is 5.22. The normalized spacial score (nSPS) is 22.4. The minimum absolute atomic E-state index is 0.208. The molecule has 0 saturated heterocycles. The molecule has 0 amide bonds. The second-order valence-corrected chi connectivity index (χ2v) is 3.55. The SMILES string of the molecule is Cc1nc2c(n1C)C(N)CCC2. The monoisotopic (exact) mass is 165 g/mol. The number of hydrogen-bond donors (Lipinski definition) is 1. The molecule has 1 aliphatic rings. The highest BCUT2D eigenvalue weighted by Gasteiger charge is 2.22. The van der Waals surface area contributed by atoms with Gasteiger partial charge in [0.25, 0.3) is 0 Å². The molecular weight excluding hydrogens is 150 g/mol. The molecule has 0 fully saturated rings. The number of aromatic nitrogens is 2. The third-order valence-electron chi connectivity index (χ3n) is 2.72. The van der Waals surface area contributed by atoms with Crippen molar-refractivity contribution in [3.8, 4) is 0 Å². The number of hydrogen-bond acceptors (Lipinski definition) is 2. The van der Waals surface area contributed by atoms with E-state index in [4.69, 9.17) is 5.73 Å². The molecule has 0 spiro atoms. The van der Waals surface area contributed by atoms with Crippen molar-refractivity contribution in [1.82, 2.24) is 9.55 Å². The van der Waals surface area contributed by atoms with Crippen LogP contribution in [0, 0.1) is 6.92 Å². The standard InChI is InChI=1S/C9H15N3/c1-6-11-8-5-3-4-7(10)9(8)12(6)2/h7H,3-5,10H2,1-2H3. The number of rotatable bonds is 0. The number of aryl methyl sites for hydroxylation is 2. The van der Waals surface area contributed by atoms with Crippen LogP contribution >= 0.6 is 0 Å². The zero-order chi connectivity index (χ0) is 8.72. The quantitative estimate of drug-likeness (QED) is 0.624. The predicted molar refractivity (Wildman–Crippen MR) is 47.8 cm³/mol. The third-order valence-corrected chi connectivity index (χ3v) is 2.72. The molecule has 0 radical (unpaired) electrons. The van der Waals surface area contributed by atoms with Crippen LogP contribution < -0.4 is 5.73 Å². The zero-order valence-electron chi connectivity index (χ0n) is 7.67. The van der Waals surface area contributed by atoms with E-state index in [9.17, 15) is 0 Å². The van der Waals surface area contributed by atoms with Crippen molar-refractivity contribution in [1.29, 1.82) is 0 Å². The van der Waals surface area contributed by atoms with Crippen molar-refractivity contribution in [2.24, 2.45) is 12.8 Å². The van der Waals surface area contributed by atoms with Crippen LogP contribution in [0.15, 0.2) is 0 Å². The summed E-state index contributed by atoms with van der Waals surface area (Å²) < 4.78 is 2.12. The van der Waals surface area contributed by atoms with Gasteiger partial charge in [-0.1, -0.05) is 0 Å². The van der Waals surface area contributed by atoms with Crippen LogP contribution in [0.2, 0.25) is 0 Å². The van der Waals surface area contributed by atoms with Gasteiger partial charge in [0.1, 0.15) is 5.82 Å². The van der Waals surface area contributed by atoms with Gasteiger partial charge in [0.05, 0.1) is 11.4 Å². The minimum Gasteiger partial charge on any atom is -0.334 e. The van der Waals surface area contributed by atoms with Crippen LogP contribution in [0.5, 0.6) is 0 Å². The lowest BCUT2D eigenvalue weighted by molar-refractivity contribution is 0.535. The summed E-state index contributed by atoms with van der Waals surface area (Å²) in [5.41, 5.74) is 8.46. The van der Waals surface area contributed by atoms with Gasteiger partial charge in [-0.05, 0) is 26.2 Å². The molecule has 1 aliphatic carbocycles. The second kappa shape index (κ2) is 2.59. The van der Waals surface area contributed by atoms with E-state index in [1.54, 1.807) is 0 Å². The molecule has 1 heterocycles. The lowest BCUT2D eigenvalue weighted by Crippen LogP contribution is -2.19. The van der Waals surface area contributed by atoms with E-state index in [-0.39, 0.29) is 6.04 Å². The summed E-state index contributed by atoms with van der Waals surface area (Å²) in [4.78, 5) is 4.48. The van der Waals surface area contributed by atoms with Crippen LogP contribution in [0.4, 0.5) is 0 Å². The molecule has 1 aromatic heterocycles. The summed E-state index contributed by atoms with van der Waals surface area (Å²) in [5, 5.41) is 0. The molecule has 0 aromatic carbocycles. The van der Waals surface area contributed by atoms with Crippen molar-refractivity contribution in [3.63, 3.8) is 0 Å². The van der Waals surface area contributed by atoms with Gasteiger partial charge in [-0.2, -0.15) is 0 Å². The van der Waals surface area contributed by atoms with Gasteiger partial charge in [-0.15, -0.1) is 0 Å². The Hall–Kier alpha value is -0.830. The van der Waals surface area contributed by atoms with Crippen molar-refractivity contribution >= 4 is 0 Å². The Morgan fingerprint density at radius 3 is 3.00 bits per heavy atom. The topological polar surface area (TPSA) is 43.8 Å². The van der Waals surface area contributed by atoms with Gasteiger partial charge < -0.3 is 10.3 Å². The molecule has 66 valence electrons. The summed E-state index contributed by atoms with van der Waals surface area (Å²) in [6, 6.07) is 0.208. The Balaban J connectivity index is 2.54. The Bertz CT molecular complexity index is 301. The summed E-state index contributed by atoms with van der Waals surface area (Å²) >= 11 is 0. The molecule has 1 aromatic rings. The fraction of sp³-hybridized carbons (Fsp3) is 0.667. The molecule has 1 unspecified atom stereocenters. The first-order chi connectivity index (χ1) is 5.70. The fourth-order valence-corrected chi connectivity index (χ4v) is 1.97. The van der Waals surface area contributed by atoms with Gasteiger partial charge in [-0.3, -0.25) is 0 Å². The third kappa shape index (κ3) is 0.966. The van der Waals surface area contributed by atoms with Crippen molar-refractivity contribution in [3.05, 3.63) is 17.2 Å². The van der Waals surface area contributed by atoms with Gasteiger partial charge in [0.2, 0.25) is 0 Å². The molecule has 0 aliphatic heterocycles. The van der Waals surface area contributed by atoms with E-state index >= 15 is 0 Å². The molecular formula is C9H15N3. The van der Waals surface area contributed by atoms with Crippen LogP contribution in [0.1, 0.15) is 36.1 Å². The molecule has 0 bridgehead atoms. The Morgan fingerprint density at radius 2 is 2.33 bits per heavy atom. The number of nitrogens with zero attached hydrogens (tertiary/aromatic N) is 2. The van der Waals surface area contributed by atoms with E-state index in [1.807, 2.05) is 14.0 Å². The summed E-state index contributed by atoms with van der Waals surface area (Å²) in [6.45, 7) is 2.03. The largest absolute Gasteiger partial charge is 0.334 e. The first-order valence-electron chi connectivity index (χ1n) is 4.48. The van der Waals surface area contributed by atoms with Gasteiger partial charge in [-0.25, -0.2) is 4.98 Å². The molecule has 1 atom stereocenters. The van der Waals surface area contributed by atoms with Crippen molar-refractivity contribution in [2.45, 2.75) is 32.2 Å². The average molecular weight is 165 g/mol. The number of fused-ring (bicyclic) bond motifs is 1. The lowest BCUT2D eigenvalue weighted by Gasteiger charge is -2.19. The van der Waals surface area contributed by atoms with Gasteiger partial charge in [0, 0.05) is 13.1 Å². The van der Waals surface area contributed by atoms with Crippen LogP contribution in [0.3, 0.4) is 0 Å². The highest BCUT2D eigenvalue weighted by atomic mass is 15.1. The maximum atomic E-state index is 6.00. The molecule has 3 heteroatoms. The van der Waals surface area contributed by atoms with E-state index in [0.717, 1.165) is 18.7 Å². The molecule has 12 heavy (non-hydrogen) atoms. The number of nitrogens with two attached hydrogens (primary N) is 1. The smallest absolute Gasteiger partial charge is 0.105 e. The molecule has 0 saturated carbocycles. The molecule has 3 nitrogen and oxygen atoms in total. The first kappa shape index (κ1) is 7.80. The summed E-state index contributed by atoms with van der Waals surface area (Å²) in [5.74, 6) is 1.08. The van der Waals surface area contributed by atoms with E-state index in [2.05, 4.69) is 9.55 Å². The molecule has 2 rings (SSSR count). The van der Waals surface area contributed by atoms with Crippen molar-refractivity contribution in [2.75, 3.05) is 0 Å². The average Bonchev–Trinajstić information content (AvgIpc) is 2.29. The first-order valence-corrected chi connectivity index (χ1v) is 4.48. The Kier molecular flexibility index (Phi) is 1.68. The summed E-state index contributed by atoms with van der Waals surface area (Å²) in [7, 11) is 2.05. The van der Waals surface area contributed by atoms with Crippen LogP contribution in [-0.2, 0) is 13.5 Å². The Labute approximate surface area is 72.6 Å². The number of imidazole rings is 1. The van der Waals surface area contributed by atoms with Crippen molar-refractivity contribution < 1.29 is 0 Å². The van der Waals surface area contributed by atoms with E-state index in [0.29, 0.717) is 0 Å². The maximum Gasteiger partial charge on any atom is 0.105 e. The molecule has 2 N–H and O–H groups in total. The zero-order valence-corrected chi connectivity index (χ0v) is 7.67. The van der Waals surface area contributed by atoms with Gasteiger partial charge >= 0.3 is 0 Å². The summed E-state index contributed by atoms with van der Waals surface area (Å²) in [6.07, 6.45) is 3.39. The second-order valence-electron chi connectivity index (χ2n) is 3.55. The highest BCUT2D eigenvalue weighted by Crippen LogP contribution is 2.27. The van der Waals surface area contributed by atoms with Gasteiger partial charge in [0.15, 0.2) is 0 Å². The van der Waals surface area contributed by atoms with E-state index < -0.39 is 0 Å². The maximum absolute atomic E-state index is 6.00. The van der Waals surface area contributed by atoms with E-state index in [1.165, 1.54) is 17.8 Å². The minimum atomic E-state index is 0.208. The Morgan fingerprint density at radius 1 is 1.58 bits per heavy atom. The lowest BCUT2D eigenvalue weighted by atomic mass is 9.97. The fourth-order valence-electron chi connectivity index (χ4n) is 1.97. The predicted octanol–water partition coefficient (Wildman–Crippen LogP) is 1.06.